The Kier molecular flexibility index (Phi) is 15.1. The number of fused-ring (bicyclic) bond motifs is 9. The van der Waals surface area contributed by atoms with Crippen molar-refractivity contribution in [2.45, 2.75) is 168 Å². The van der Waals surface area contributed by atoms with Crippen molar-refractivity contribution in [3.8, 4) is 50.6 Å². The Bertz CT molecular complexity index is 4550. The summed E-state index contributed by atoms with van der Waals surface area (Å²) in [5.74, 6) is 1.40. The molecule has 2 aliphatic carbocycles. The van der Waals surface area contributed by atoms with Gasteiger partial charge in [-0.1, -0.05) is 206 Å². The summed E-state index contributed by atoms with van der Waals surface area (Å²) in [4.78, 5) is 10.1. The van der Waals surface area contributed by atoms with E-state index >= 15 is 0 Å². The molecule has 1 radical (unpaired) electrons. The molecule has 12 aromatic rings. The number of para-hydroxylation sites is 2. The molecule has 2 aliphatic rings. The third-order valence-corrected chi connectivity index (χ3v) is 19.7. The van der Waals surface area contributed by atoms with Crippen molar-refractivity contribution in [3.63, 3.8) is 0 Å². The molecule has 3 heterocycles. The average molecular weight is 1320 g/mol. The fraction of sp³-hybridized carbons (Fsp3) is 0.317. The summed E-state index contributed by atoms with van der Waals surface area (Å²) >= 11 is 0. The Hall–Kier alpha value is -7.43. The number of benzene rings is 9. The van der Waals surface area contributed by atoms with E-state index in [-0.39, 0.29) is 59.0 Å². The second kappa shape index (κ2) is 22.0. The average Bonchev–Trinajstić information content (AvgIpc) is 0.931. The maximum atomic E-state index is 6.83. The Balaban J connectivity index is 0.000000173. The Morgan fingerprint density at radius 3 is 1.80 bits per heavy atom. The maximum Gasteiger partial charge on any atom is 0.121 e. The predicted molar refractivity (Wildman–Crippen MR) is 364 cm³/mol. The molecular formula is C82H83IrN3O-2. The third kappa shape index (κ3) is 10.5. The molecule has 0 saturated carbocycles. The minimum Gasteiger partial charge on any atom is -0.501 e. The summed E-state index contributed by atoms with van der Waals surface area (Å²) < 4.78 is 9.20. The molecule has 0 spiro atoms. The van der Waals surface area contributed by atoms with Gasteiger partial charge in [-0.15, -0.1) is 53.6 Å². The van der Waals surface area contributed by atoms with Crippen LogP contribution in [0.4, 0.5) is 0 Å². The standard InChI is InChI=1S/C45H35N2O.C37H48N.Ir/c1-27(2)36-24-32(29-13-6-5-7-14-29)25-37(28(3)4)43(36)47-41-20-11-10-19-40(41)46-45(47)35-18-12-17-34-39-23-31-22-21-30-15-8-9-16-33(30)38(31)26-42(39)48-44(34)35;1-33(2,3)26-15-20-38-29(22-26)24-13-12-14-25(21-24)30-31-27(34(4,5)16-18-36(31,8)9)23-28-32(30)37(10,11)19-17-35(28,6)7;/h5-17,19-28H,1-4H3;12,14-15,20-23H,16-19H2,1-11H3;/q2*-1;. The van der Waals surface area contributed by atoms with Crippen molar-refractivity contribution in [3.05, 3.63) is 221 Å². The Morgan fingerprint density at radius 2 is 1.14 bits per heavy atom. The Morgan fingerprint density at radius 1 is 0.529 bits per heavy atom. The van der Waals surface area contributed by atoms with Gasteiger partial charge in [0, 0.05) is 37.4 Å². The summed E-state index contributed by atoms with van der Waals surface area (Å²) in [6.45, 7) is 35.7. The van der Waals surface area contributed by atoms with Crippen molar-refractivity contribution in [2.24, 2.45) is 0 Å². The first-order valence-electron chi connectivity index (χ1n) is 31.5. The fourth-order valence-corrected chi connectivity index (χ4v) is 14.5. The third-order valence-electron chi connectivity index (χ3n) is 19.7. The van der Waals surface area contributed by atoms with Crippen LogP contribution in [0.3, 0.4) is 0 Å². The number of nitrogens with zero attached hydrogens (tertiary/aromatic N) is 3. The number of imidazole rings is 1. The van der Waals surface area contributed by atoms with E-state index in [4.69, 9.17) is 14.4 Å². The second-order valence-electron chi connectivity index (χ2n) is 29.3. The van der Waals surface area contributed by atoms with Crippen LogP contribution in [0.15, 0.2) is 174 Å². The van der Waals surface area contributed by atoms with Crippen LogP contribution >= 0.6 is 0 Å². The van der Waals surface area contributed by atoms with E-state index < -0.39 is 0 Å². The summed E-state index contributed by atoms with van der Waals surface area (Å²) in [5, 5.41) is 7.02. The van der Waals surface area contributed by atoms with Gasteiger partial charge in [0.05, 0.1) is 22.4 Å². The molecule has 0 atom stereocenters. The zero-order valence-electron chi connectivity index (χ0n) is 53.7. The molecular weight excluding hydrogens is 1240 g/mol. The van der Waals surface area contributed by atoms with Gasteiger partial charge in [-0.25, -0.2) is 0 Å². The smallest absolute Gasteiger partial charge is 0.121 e. The van der Waals surface area contributed by atoms with Gasteiger partial charge in [0.25, 0.3) is 0 Å². The normalized spacial score (nSPS) is 15.8. The quantitative estimate of drug-likeness (QED) is 0.118. The Labute approximate surface area is 530 Å². The van der Waals surface area contributed by atoms with Crippen molar-refractivity contribution in [1.82, 2.24) is 14.5 Å². The van der Waals surface area contributed by atoms with E-state index in [1.807, 2.05) is 12.3 Å². The topological polar surface area (TPSA) is 43.9 Å². The van der Waals surface area contributed by atoms with E-state index in [1.165, 1.54) is 91.9 Å². The number of rotatable bonds is 7. The maximum absolute atomic E-state index is 6.83. The minimum absolute atomic E-state index is 0. The van der Waals surface area contributed by atoms with Gasteiger partial charge in [0.2, 0.25) is 0 Å². The van der Waals surface area contributed by atoms with E-state index in [1.54, 1.807) is 22.3 Å². The molecule has 3 aromatic heterocycles. The van der Waals surface area contributed by atoms with Crippen LogP contribution in [-0.2, 0) is 47.2 Å². The summed E-state index contributed by atoms with van der Waals surface area (Å²) in [6, 6.07) is 66.5. The molecule has 9 aromatic carbocycles. The molecule has 443 valence electrons. The number of hydrogen-bond donors (Lipinski definition) is 0. The van der Waals surface area contributed by atoms with Gasteiger partial charge in [-0.3, -0.25) is 4.98 Å². The van der Waals surface area contributed by atoms with Crippen LogP contribution in [0.25, 0.3) is 105 Å². The zero-order chi connectivity index (χ0) is 60.4. The number of hydrogen-bond acceptors (Lipinski definition) is 3. The van der Waals surface area contributed by atoms with Gasteiger partial charge in [-0.2, -0.15) is 0 Å². The fourth-order valence-electron chi connectivity index (χ4n) is 14.5. The van der Waals surface area contributed by atoms with Crippen LogP contribution in [0.5, 0.6) is 0 Å². The molecule has 0 amide bonds. The first-order chi connectivity index (χ1) is 40.9. The van der Waals surface area contributed by atoms with Gasteiger partial charge < -0.3 is 14.0 Å². The van der Waals surface area contributed by atoms with Gasteiger partial charge in [-0.05, 0) is 190 Å². The molecule has 4 nitrogen and oxygen atoms in total. The summed E-state index contributed by atoms with van der Waals surface area (Å²) in [7, 11) is 0. The van der Waals surface area contributed by atoms with Crippen LogP contribution in [0.1, 0.15) is 180 Å². The largest absolute Gasteiger partial charge is 0.501 e. The molecule has 5 heteroatoms. The molecule has 0 N–H and O–H groups in total. The minimum atomic E-state index is 0. The van der Waals surface area contributed by atoms with Gasteiger partial charge in [0.1, 0.15) is 5.58 Å². The number of furan rings is 1. The summed E-state index contributed by atoms with van der Waals surface area (Å²) in [5.41, 5.74) is 24.0. The monoisotopic (exact) mass is 1320 g/mol. The molecule has 0 saturated heterocycles. The molecule has 87 heavy (non-hydrogen) atoms. The van der Waals surface area contributed by atoms with Crippen LogP contribution in [0.2, 0.25) is 0 Å². The van der Waals surface area contributed by atoms with E-state index in [0.29, 0.717) is 0 Å². The summed E-state index contributed by atoms with van der Waals surface area (Å²) in [6.07, 6.45) is 6.84. The van der Waals surface area contributed by atoms with Crippen LogP contribution in [-0.4, -0.2) is 14.5 Å². The van der Waals surface area contributed by atoms with Gasteiger partial charge in [0.15, 0.2) is 0 Å². The second-order valence-corrected chi connectivity index (χ2v) is 29.3. The first kappa shape index (κ1) is 59.9. The van der Waals surface area contributed by atoms with Crippen molar-refractivity contribution < 1.29 is 24.5 Å². The van der Waals surface area contributed by atoms with Gasteiger partial charge >= 0.3 is 0 Å². The SMILES string of the molecule is CC(C)(C)c1ccnc(-c2[c-]ccc(-c3c4c(cc5c3C(C)(C)CCC5(C)C)C(C)(C)CCC4(C)C)c2)c1.CC(C)c1cc(-c2ccccc2)cc(C(C)C)c1-n1c(-c2[c-]ccc3c2oc2cc4c(ccc5ccccc54)cc23)nc2ccccc21.[Ir]. The van der Waals surface area contributed by atoms with Crippen molar-refractivity contribution in [1.29, 1.82) is 0 Å². The van der Waals surface area contributed by atoms with E-state index in [0.717, 1.165) is 55.6 Å². The predicted octanol–water partition coefficient (Wildman–Crippen LogP) is 22.8. The molecule has 0 fully saturated rings. The van der Waals surface area contributed by atoms with Crippen molar-refractivity contribution in [2.75, 3.05) is 0 Å². The van der Waals surface area contributed by atoms with E-state index in [2.05, 4.69) is 278 Å². The molecule has 0 aliphatic heterocycles. The zero-order valence-corrected chi connectivity index (χ0v) is 56.1. The molecule has 0 bridgehead atoms. The molecule has 14 rings (SSSR count). The van der Waals surface area contributed by atoms with Crippen molar-refractivity contribution >= 4 is 54.5 Å². The number of pyridine rings is 1. The first-order valence-corrected chi connectivity index (χ1v) is 31.5. The van der Waals surface area contributed by atoms with Crippen LogP contribution < -0.4 is 0 Å². The molecule has 0 unspecified atom stereocenters. The van der Waals surface area contributed by atoms with E-state index in [9.17, 15) is 0 Å². The van der Waals surface area contributed by atoms with Crippen LogP contribution in [0, 0.1) is 12.1 Å². The number of aromatic nitrogens is 3.